The van der Waals surface area contributed by atoms with E-state index in [0.29, 0.717) is 67.8 Å². The largest absolute Gasteiger partial charge is 0.486 e. The molecule has 0 unspecified atom stereocenters. The maximum atomic E-state index is 13.1. The minimum atomic E-state index is -0.373. The van der Waals surface area contributed by atoms with E-state index in [9.17, 15) is 9.59 Å². The van der Waals surface area contributed by atoms with E-state index in [1.165, 1.54) is 4.68 Å². The van der Waals surface area contributed by atoms with E-state index in [0.717, 1.165) is 0 Å². The van der Waals surface area contributed by atoms with Gasteiger partial charge in [-0.05, 0) is 24.3 Å². The molecule has 2 aliphatic heterocycles. The molecule has 1 saturated heterocycles. The fraction of sp³-hybridized carbons (Fsp3) is 0.261. The van der Waals surface area contributed by atoms with Gasteiger partial charge < -0.3 is 19.3 Å². The lowest BCUT2D eigenvalue weighted by molar-refractivity contribution is 0.0736. The number of piperazine rings is 1. The van der Waals surface area contributed by atoms with Crippen molar-refractivity contribution in [3.63, 3.8) is 0 Å². The van der Waals surface area contributed by atoms with Crippen LogP contribution in [0.25, 0.3) is 5.69 Å². The highest BCUT2D eigenvalue weighted by atomic mass is 35.5. The number of aromatic nitrogens is 2. The first-order valence-corrected chi connectivity index (χ1v) is 10.8. The first-order valence-electron chi connectivity index (χ1n) is 10.4. The molecule has 0 atom stereocenters. The monoisotopic (exact) mass is 452 g/mol. The smallest absolute Gasteiger partial charge is 0.292 e. The molecule has 0 spiro atoms. The van der Waals surface area contributed by atoms with E-state index in [2.05, 4.69) is 5.10 Å². The average Bonchev–Trinajstić information content (AvgIpc) is 2.85. The third kappa shape index (κ3) is 3.67. The molecule has 0 radical (unpaired) electrons. The van der Waals surface area contributed by atoms with Gasteiger partial charge in [0.15, 0.2) is 11.5 Å². The highest BCUT2D eigenvalue weighted by molar-refractivity contribution is 6.33. The summed E-state index contributed by atoms with van der Waals surface area (Å²) in [6, 6.07) is 14.5. The van der Waals surface area contributed by atoms with E-state index in [1.54, 1.807) is 41.4 Å². The van der Waals surface area contributed by atoms with E-state index in [-0.39, 0.29) is 16.5 Å². The Hall–Kier alpha value is -3.52. The number of hydrogen-bond acceptors (Lipinski definition) is 6. The maximum Gasteiger partial charge on any atom is 0.292 e. The molecule has 1 aromatic heterocycles. The summed E-state index contributed by atoms with van der Waals surface area (Å²) in [6.45, 7) is 2.94. The molecule has 1 amide bonds. The maximum absolute atomic E-state index is 13.1. The number of fused-ring (bicyclic) bond motifs is 1. The molecule has 3 heterocycles. The zero-order chi connectivity index (χ0) is 22.1. The summed E-state index contributed by atoms with van der Waals surface area (Å²) in [6.07, 6.45) is 1.60. The predicted molar refractivity (Wildman–Crippen MR) is 120 cm³/mol. The molecule has 2 aliphatic rings. The number of anilines is 1. The number of hydrogen-bond donors (Lipinski definition) is 0. The van der Waals surface area contributed by atoms with Gasteiger partial charge >= 0.3 is 0 Å². The van der Waals surface area contributed by atoms with Gasteiger partial charge in [0.1, 0.15) is 18.2 Å². The van der Waals surface area contributed by atoms with Crippen LogP contribution in [0, 0.1) is 0 Å². The molecule has 0 N–H and O–H groups in total. The Morgan fingerprint density at radius 1 is 0.938 bits per heavy atom. The van der Waals surface area contributed by atoms with E-state index < -0.39 is 0 Å². The van der Waals surface area contributed by atoms with Gasteiger partial charge in [-0.1, -0.05) is 35.9 Å². The number of rotatable bonds is 3. The van der Waals surface area contributed by atoms with Crippen molar-refractivity contribution in [1.82, 2.24) is 14.7 Å². The molecule has 8 nitrogen and oxygen atoms in total. The average molecular weight is 453 g/mol. The van der Waals surface area contributed by atoms with Crippen molar-refractivity contribution in [2.24, 2.45) is 0 Å². The summed E-state index contributed by atoms with van der Waals surface area (Å²) in [5, 5.41) is 4.42. The van der Waals surface area contributed by atoms with Gasteiger partial charge in [-0.25, -0.2) is 0 Å². The van der Waals surface area contributed by atoms with Crippen LogP contribution in [0.4, 0.5) is 5.69 Å². The molecule has 1 fully saturated rings. The number of carbonyl (C=O) groups is 1. The van der Waals surface area contributed by atoms with Crippen LogP contribution in [0.5, 0.6) is 11.5 Å². The van der Waals surface area contributed by atoms with Crippen molar-refractivity contribution in [2.75, 3.05) is 44.3 Å². The molecular weight excluding hydrogens is 432 g/mol. The summed E-state index contributed by atoms with van der Waals surface area (Å²) in [5.41, 5.74) is 1.35. The molecule has 5 rings (SSSR count). The van der Waals surface area contributed by atoms with Crippen LogP contribution in [0.15, 0.2) is 59.5 Å². The number of nitrogens with zero attached hydrogens (tertiary/aromatic N) is 4. The topological polar surface area (TPSA) is 76.9 Å². The lowest BCUT2D eigenvalue weighted by atomic mass is 10.1. The van der Waals surface area contributed by atoms with E-state index in [4.69, 9.17) is 21.1 Å². The lowest BCUT2D eigenvalue weighted by Gasteiger charge is -2.36. The minimum Gasteiger partial charge on any atom is -0.486 e. The summed E-state index contributed by atoms with van der Waals surface area (Å²) >= 11 is 6.43. The normalized spacial score (nSPS) is 15.5. The number of carbonyl (C=O) groups excluding carboxylic acids is 1. The van der Waals surface area contributed by atoms with Crippen molar-refractivity contribution >= 4 is 23.2 Å². The quantitative estimate of drug-likeness (QED) is 0.608. The summed E-state index contributed by atoms with van der Waals surface area (Å²) in [7, 11) is 0. The Bertz CT molecular complexity index is 1210. The Labute approximate surface area is 189 Å². The number of benzene rings is 2. The minimum absolute atomic E-state index is 0.101. The molecule has 9 heteroatoms. The third-order valence-corrected chi connectivity index (χ3v) is 5.96. The molecule has 0 aliphatic carbocycles. The van der Waals surface area contributed by atoms with Crippen LogP contribution in [-0.2, 0) is 0 Å². The highest BCUT2D eigenvalue weighted by Crippen LogP contribution is 2.34. The molecular formula is C23H21ClN4O4. The van der Waals surface area contributed by atoms with Gasteiger partial charge in [-0.15, -0.1) is 0 Å². The molecule has 164 valence electrons. The standard InChI is InChI=1S/C23H21ClN4O4/c24-20-18(15-25-28(23(20)30)16-5-2-1-3-6-16)26-9-11-27(12-10-26)22(29)17-7-4-8-19-21(17)32-14-13-31-19/h1-8,15H,9-14H2. The Kier molecular flexibility index (Phi) is 5.45. The van der Waals surface area contributed by atoms with Crippen LogP contribution < -0.4 is 19.9 Å². The fourth-order valence-corrected chi connectivity index (χ4v) is 4.21. The Morgan fingerprint density at radius 3 is 2.47 bits per heavy atom. The van der Waals surface area contributed by atoms with Crippen LogP contribution in [0.2, 0.25) is 5.02 Å². The van der Waals surface area contributed by atoms with Gasteiger partial charge in [0.25, 0.3) is 11.5 Å². The second kappa shape index (κ2) is 8.55. The number of halogens is 1. The van der Waals surface area contributed by atoms with Gasteiger partial charge in [0.2, 0.25) is 0 Å². The Balaban J connectivity index is 1.32. The lowest BCUT2D eigenvalue weighted by Crippen LogP contribution is -2.49. The van der Waals surface area contributed by atoms with Gasteiger partial charge in [-0.2, -0.15) is 9.78 Å². The van der Waals surface area contributed by atoms with E-state index >= 15 is 0 Å². The molecule has 0 saturated carbocycles. The predicted octanol–water partition coefficient (Wildman–Crippen LogP) is 2.62. The first-order chi connectivity index (χ1) is 15.6. The number of para-hydroxylation sites is 2. The van der Waals surface area contributed by atoms with Crippen LogP contribution >= 0.6 is 11.6 Å². The van der Waals surface area contributed by atoms with Crippen molar-refractivity contribution in [2.45, 2.75) is 0 Å². The summed E-state index contributed by atoms with van der Waals surface area (Å²) in [4.78, 5) is 29.7. The molecule has 3 aromatic rings. The number of ether oxygens (including phenoxy) is 2. The molecule has 2 aromatic carbocycles. The SMILES string of the molecule is O=C(c1cccc2c1OCCO2)N1CCN(c2cnn(-c3ccccc3)c(=O)c2Cl)CC1. The van der Waals surface area contributed by atoms with Crippen molar-refractivity contribution in [3.05, 3.63) is 75.7 Å². The number of amides is 1. The van der Waals surface area contributed by atoms with Crippen molar-refractivity contribution in [1.29, 1.82) is 0 Å². The summed E-state index contributed by atoms with van der Waals surface area (Å²) < 4.78 is 12.6. The van der Waals surface area contributed by atoms with Crippen molar-refractivity contribution < 1.29 is 14.3 Å². The third-order valence-electron chi connectivity index (χ3n) is 5.61. The Morgan fingerprint density at radius 2 is 1.69 bits per heavy atom. The highest BCUT2D eigenvalue weighted by Gasteiger charge is 2.28. The van der Waals surface area contributed by atoms with Gasteiger partial charge in [0, 0.05) is 26.2 Å². The second-order valence-electron chi connectivity index (χ2n) is 7.51. The van der Waals surface area contributed by atoms with E-state index in [1.807, 2.05) is 23.1 Å². The first kappa shape index (κ1) is 20.4. The molecule has 0 bridgehead atoms. The summed E-state index contributed by atoms with van der Waals surface area (Å²) in [5.74, 6) is 0.997. The zero-order valence-corrected chi connectivity index (χ0v) is 18.0. The van der Waals surface area contributed by atoms with Gasteiger partial charge in [0.05, 0.1) is 23.1 Å². The second-order valence-corrected chi connectivity index (χ2v) is 7.88. The van der Waals surface area contributed by atoms with Crippen molar-refractivity contribution in [3.8, 4) is 17.2 Å². The van der Waals surface area contributed by atoms with Crippen LogP contribution in [-0.4, -0.2) is 60.0 Å². The van der Waals surface area contributed by atoms with Gasteiger partial charge in [-0.3, -0.25) is 9.59 Å². The molecule has 32 heavy (non-hydrogen) atoms. The van der Waals surface area contributed by atoms with Crippen LogP contribution in [0.3, 0.4) is 0 Å². The van der Waals surface area contributed by atoms with Crippen LogP contribution in [0.1, 0.15) is 10.4 Å². The zero-order valence-electron chi connectivity index (χ0n) is 17.2. The fourth-order valence-electron chi connectivity index (χ4n) is 3.96.